The number of aryl methyl sites for hydroxylation is 1. The number of hydrogen-bond acceptors (Lipinski definition) is 6. The summed E-state index contributed by atoms with van der Waals surface area (Å²) in [6, 6.07) is 6.20. The maximum atomic E-state index is 14.8. The van der Waals surface area contributed by atoms with Gasteiger partial charge in [0.05, 0.1) is 11.4 Å². The molecule has 8 heteroatoms. The summed E-state index contributed by atoms with van der Waals surface area (Å²) < 4.78 is 22.8. The van der Waals surface area contributed by atoms with E-state index >= 15 is 0 Å². The second-order valence-electron chi connectivity index (χ2n) is 9.79. The lowest BCUT2D eigenvalue weighted by Crippen LogP contribution is -2.57. The number of phenols is 1. The van der Waals surface area contributed by atoms with Crippen LogP contribution in [0.4, 0.5) is 4.39 Å². The highest BCUT2D eigenvalue weighted by Gasteiger charge is 2.31. The molecular weight excluding hydrogens is 421 g/mol. The number of pyridine rings is 1. The van der Waals surface area contributed by atoms with E-state index in [9.17, 15) is 9.50 Å². The van der Waals surface area contributed by atoms with Crippen LogP contribution >= 0.6 is 0 Å². The van der Waals surface area contributed by atoms with Gasteiger partial charge in [0.2, 0.25) is 0 Å². The van der Waals surface area contributed by atoms with Crippen molar-refractivity contribution in [2.24, 2.45) is 0 Å². The number of nitrogens with zero attached hydrogens (tertiary/aromatic N) is 4. The Balaban J connectivity index is 1.67. The molecule has 1 unspecified atom stereocenters. The third kappa shape index (κ3) is 4.23. The molecule has 0 aliphatic carbocycles. The molecule has 3 aromatic rings. The van der Waals surface area contributed by atoms with Crippen molar-refractivity contribution in [3.63, 3.8) is 0 Å². The number of aromatic hydroxyl groups is 1. The number of aromatic nitrogens is 3. The summed E-state index contributed by atoms with van der Waals surface area (Å²) in [5.74, 6) is -0.594. The largest absolute Gasteiger partial charge is 0.508 e. The minimum Gasteiger partial charge on any atom is -0.508 e. The fraction of sp³-hybridized carbons (Fsp3) is 0.520. The second-order valence-corrected chi connectivity index (χ2v) is 9.79. The summed E-state index contributed by atoms with van der Waals surface area (Å²) in [5, 5.41) is 19.0. The summed E-state index contributed by atoms with van der Waals surface area (Å²) in [4.78, 5) is 7.35. The quantitative estimate of drug-likeness (QED) is 0.619. The number of benzene rings is 1. The summed E-state index contributed by atoms with van der Waals surface area (Å²) in [6.45, 7) is 10.7. The Morgan fingerprint density at radius 3 is 2.85 bits per heavy atom. The number of rotatable bonds is 4. The zero-order valence-electron chi connectivity index (χ0n) is 19.6. The lowest BCUT2D eigenvalue weighted by atomic mass is 9.97. The first-order valence-corrected chi connectivity index (χ1v) is 11.8. The molecule has 2 saturated heterocycles. The van der Waals surface area contributed by atoms with Gasteiger partial charge in [-0.15, -0.1) is 0 Å². The van der Waals surface area contributed by atoms with Gasteiger partial charge in [-0.05, 0) is 63.8 Å². The molecule has 2 aromatic heterocycles. The van der Waals surface area contributed by atoms with Crippen LogP contribution in [0.5, 0.6) is 5.75 Å². The number of ether oxygens (including phenoxy) is 1. The van der Waals surface area contributed by atoms with Crippen molar-refractivity contribution < 1.29 is 14.2 Å². The van der Waals surface area contributed by atoms with E-state index in [2.05, 4.69) is 24.1 Å². The highest BCUT2D eigenvalue weighted by Crippen LogP contribution is 2.34. The highest BCUT2D eigenvalue weighted by molar-refractivity contribution is 5.85. The van der Waals surface area contributed by atoms with Gasteiger partial charge in [-0.2, -0.15) is 5.10 Å². The van der Waals surface area contributed by atoms with Gasteiger partial charge in [-0.25, -0.2) is 14.1 Å². The summed E-state index contributed by atoms with van der Waals surface area (Å²) in [7, 11) is 0. The average Bonchev–Trinajstić information content (AvgIpc) is 3.12. The standard InChI is InChI=1S/C25H32FN5O2/c1-16-23-17(14-30-10-9-27-15-25(30,2)3)12-21(19-8-7-18(32)13-20(19)26)28-24(23)31(29-16)22-6-4-5-11-33-22/h7-8,12-13,22,27,32H,4-6,9-11,14-15H2,1-3H3. The SMILES string of the molecule is Cc1nn(C2CCCCO2)c2nc(-c3ccc(O)cc3F)cc(CN3CCNCC3(C)C)c12. The fourth-order valence-corrected chi connectivity index (χ4v) is 5.02. The number of fused-ring (bicyclic) bond motifs is 1. The third-order valence-electron chi connectivity index (χ3n) is 6.91. The number of nitrogens with one attached hydrogen (secondary N) is 1. The first-order valence-electron chi connectivity index (χ1n) is 11.8. The topological polar surface area (TPSA) is 75.4 Å². The number of hydrogen-bond donors (Lipinski definition) is 2. The van der Waals surface area contributed by atoms with Gasteiger partial charge in [0.15, 0.2) is 11.9 Å². The molecule has 176 valence electrons. The van der Waals surface area contributed by atoms with Gasteiger partial charge in [0.1, 0.15) is 11.6 Å². The van der Waals surface area contributed by atoms with Crippen LogP contribution in [-0.2, 0) is 11.3 Å². The van der Waals surface area contributed by atoms with Crippen LogP contribution in [0, 0.1) is 12.7 Å². The van der Waals surface area contributed by atoms with E-state index in [0.29, 0.717) is 17.9 Å². The Morgan fingerprint density at radius 1 is 1.27 bits per heavy atom. The fourth-order valence-electron chi connectivity index (χ4n) is 5.02. The summed E-state index contributed by atoms with van der Waals surface area (Å²) in [5.41, 5.74) is 3.62. The van der Waals surface area contributed by atoms with Crippen LogP contribution in [-0.4, -0.2) is 56.6 Å². The van der Waals surface area contributed by atoms with E-state index in [4.69, 9.17) is 14.8 Å². The second kappa shape index (κ2) is 8.66. The molecule has 1 atom stereocenters. The van der Waals surface area contributed by atoms with Crippen molar-refractivity contribution in [1.82, 2.24) is 25.0 Å². The molecule has 2 fully saturated rings. The van der Waals surface area contributed by atoms with Gasteiger partial charge in [0.25, 0.3) is 0 Å². The number of halogens is 1. The lowest BCUT2D eigenvalue weighted by molar-refractivity contribution is -0.0371. The van der Waals surface area contributed by atoms with E-state index in [1.807, 2.05) is 17.7 Å². The minimum absolute atomic E-state index is 0.00578. The molecule has 4 heterocycles. The Labute approximate surface area is 193 Å². The van der Waals surface area contributed by atoms with E-state index in [-0.39, 0.29) is 17.5 Å². The molecule has 1 aromatic carbocycles. The zero-order chi connectivity index (χ0) is 23.2. The Hall–Kier alpha value is -2.55. The molecule has 0 spiro atoms. The van der Waals surface area contributed by atoms with E-state index in [1.165, 1.54) is 6.07 Å². The minimum atomic E-state index is -0.494. The Kier molecular flexibility index (Phi) is 5.84. The zero-order valence-corrected chi connectivity index (χ0v) is 19.6. The maximum absolute atomic E-state index is 14.8. The predicted molar refractivity (Wildman–Crippen MR) is 126 cm³/mol. The van der Waals surface area contributed by atoms with Crippen LogP contribution in [0.1, 0.15) is 50.6 Å². The van der Waals surface area contributed by atoms with Gasteiger partial charge in [-0.1, -0.05) is 0 Å². The number of piperazine rings is 1. The molecule has 0 amide bonds. The molecule has 5 rings (SSSR count). The predicted octanol–water partition coefficient (Wildman–Crippen LogP) is 4.13. The summed E-state index contributed by atoms with van der Waals surface area (Å²) in [6.07, 6.45) is 2.86. The van der Waals surface area contributed by atoms with Crippen LogP contribution in [0.15, 0.2) is 24.3 Å². The third-order valence-corrected chi connectivity index (χ3v) is 6.91. The maximum Gasteiger partial charge on any atom is 0.161 e. The van der Waals surface area contributed by atoms with E-state index in [1.54, 1.807) is 6.07 Å². The van der Waals surface area contributed by atoms with Gasteiger partial charge in [-0.3, -0.25) is 4.90 Å². The van der Waals surface area contributed by atoms with E-state index < -0.39 is 5.82 Å². The smallest absolute Gasteiger partial charge is 0.161 e. The molecule has 2 aliphatic rings. The first-order chi connectivity index (χ1) is 15.8. The molecular formula is C25H32FN5O2. The van der Waals surface area contributed by atoms with Crippen molar-refractivity contribution in [1.29, 1.82) is 0 Å². The lowest BCUT2D eigenvalue weighted by Gasteiger charge is -2.43. The van der Waals surface area contributed by atoms with Crippen LogP contribution < -0.4 is 5.32 Å². The van der Waals surface area contributed by atoms with Gasteiger partial charge >= 0.3 is 0 Å². The Morgan fingerprint density at radius 2 is 2.12 bits per heavy atom. The summed E-state index contributed by atoms with van der Waals surface area (Å²) >= 11 is 0. The van der Waals surface area contributed by atoms with Crippen LogP contribution in [0.2, 0.25) is 0 Å². The van der Waals surface area contributed by atoms with Crippen LogP contribution in [0.3, 0.4) is 0 Å². The molecule has 0 saturated carbocycles. The first kappa shape index (κ1) is 22.3. The van der Waals surface area contributed by atoms with Crippen molar-refractivity contribution in [3.05, 3.63) is 41.3 Å². The highest BCUT2D eigenvalue weighted by atomic mass is 19.1. The van der Waals surface area contributed by atoms with Crippen molar-refractivity contribution in [3.8, 4) is 17.0 Å². The molecule has 0 radical (unpaired) electrons. The molecule has 33 heavy (non-hydrogen) atoms. The average molecular weight is 454 g/mol. The Bertz CT molecular complexity index is 1170. The van der Waals surface area contributed by atoms with Gasteiger partial charge < -0.3 is 15.2 Å². The van der Waals surface area contributed by atoms with Crippen molar-refractivity contribution in [2.75, 3.05) is 26.2 Å². The number of phenolic OH excluding ortho intramolecular Hbond substituents is 1. The van der Waals surface area contributed by atoms with Crippen molar-refractivity contribution >= 4 is 11.0 Å². The van der Waals surface area contributed by atoms with Crippen molar-refractivity contribution in [2.45, 2.75) is 58.3 Å². The molecule has 7 nitrogen and oxygen atoms in total. The van der Waals surface area contributed by atoms with Crippen LogP contribution in [0.25, 0.3) is 22.3 Å². The monoisotopic (exact) mass is 453 g/mol. The normalized spacial score (nSPS) is 21.5. The molecule has 0 bridgehead atoms. The molecule has 2 aliphatic heterocycles. The van der Waals surface area contributed by atoms with Gasteiger partial charge in [0, 0.05) is 55.3 Å². The molecule has 2 N–H and O–H groups in total. The van der Waals surface area contributed by atoms with E-state index in [0.717, 1.165) is 73.8 Å².